The fourth-order valence-electron chi connectivity index (χ4n) is 1.27. The van der Waals surface area contributed by atoms with Gasteiger partial charge in [-0.2, -0.15) is 26.3 Å². The second-order valence-electron chi connectivity index (χ2n) is 3.26. The molecule has 96 valence electrons. The van der Waals surface area contributed by atoms with Gasteiger partial charge < -0.3 is 0 Å². The van der Waals surface area contributed by atoms with Crippen LogP contribution in [0.15, 0.2) is 24.3 Å². The SMILES string of the molecule is NNC(c1cccc(C(F)(F)F)c1)C(F)(F)F. The Labute approximate surface area is 92.4 Å². The maximum atomic E-state index is 12.4. The average Bonchev–Trinajstić information content (AvgIpc) is 2.15. The maximum absolute atomic E-state index is 12.4. The summed E-state index contributed by atoms with van der Waals surface area (Å²) in [5.41, 5.74) is -0.297. The molecule has 0 aliphatic heterocycles. The number of alkyl halides is 6. The first-order chi connectivity index (χ1) is 7.66. The molecule has 0 spiro atoms. The molecule has 1 aromatic rings. The highest BCUT2D eigenvalue weighted by Crippen LogP contribution is 2.35. The highest BCUT2D eigenvalue weighted by Gasteiger charge is 2.41. The summed E-state index contributed by atoms with van der Waals surface area (Å²) in [5.74, 6) is 4.70. The molecule has 0 fully saturated rings. The van der Waals surface area contributed by atoms with Crippen LogP contribution in [0.2, 0.25) is 0 Å². The standard InChI is InChI=1S/C9H8F6N2/c10-8(11,12)6-3-1-2-5(4-6)7(17-16)9(13,14)15/h1-4,7,17H,16H2. The van der Waals surface area contributed by atoms with Crippen LogP contribution >= 0.6 is 0 Å². The summed E-state index contributed by atoms with van der Waals surface area (Å²) in [6.45, 7) is 0. The summed E-state index contributed by atoms with van der Waals surface area (Å²) in [6.07, 6.45) is -9.46. The van der Waals surface area contributed by atoms with Crippen LogP contribution in [0.25, 0.3) is 0 Å². The van der Waals surface area contributed by atoms with Gasteiger partial charge in [0, 0.05) is 0 Å². The minimum atomic E-state index is -4.76. The summed E-state index contributed by atoms with van der Waals surface area (Å²) in [6, 6.07) is 0.595. The van der Waals surface area contributed by atoms with Gasteiger partial charge in [-0.15, -0.1) is 0 Å². The van der Waals surface area contributed by atoms with Crippen LogP contribution in [0.3, 0.4) is 0 Å². The Morgan fingerprint density at radius 2 is 1.65 bits per heavy atom. The van der Waals surface area contributed by atoms with Crippen molar-refractivity contribution in [3.05, 3.63) is 35.4 Å². The van der Waals surface area contributed by atoms with Gasteiger partial charge in [0.2, 0.25) is 0 Å². The van der Waals surface area contributed by atoms with Gasteiger partial charge >= 0.3 is 12.4 Å². The van der Waals surface area contributed by atoms with E-state index in [9.17, 15) is 26.3 Å². The van der Waals surface area contributed by atoms with Crippen molar-refractivity contribution in [2.24, 2.45) is 5.84 Å². The molecule has 0 heterocycles. The number of halogens is 6. The Balaban J connectivity index is 3.15. The van der Waals surface area contributed by atoms with Crippen LogP contribution in [0.4, 0.5) is 26.3 Å². The fraction of sp³-hybridized carbons (Fsp3) is 0.333. The zero-order valence-electron chi connectivity index (χ0n) is 8.23. The normalized spacial score (nSPS) is 14.8. The number of rotatable bonds is 2. The lowest BCUT2D eigenvalue weighted by molar-refractivity contribution is -0.158. The van der Waals surface area contributed by atoms with Gasteiger partial charge in [0.15, 0.2) is 0 Å². The zero-order valence-corrected chi connectivity index (χ0v) is 8.23. The van der Waals surface area contributed by atoms with E-state index < -0.39 is 29.5 Å². The molecular weight excluding hydrogens is 250 g/mol. The number of hydrazine groups is 1. The number of nitrogens with one attached hydrogen (secondary N) is 1. The Hall–Kier alpha value is -1.28. The lowest BCUT2D eigenvalue weighted by Gasteiger charge is -2.20. The first kappa shape index (κ1) is 13.8. The molecule has 8 heteroatoms. The molecule has 1 unspecified atom stereocenters. The van der Waals surface area contributed by atoms with Crippen molar-refractivity contribution in [1.82, 2.24) is 5.43 Å². The molecule has 0 aliphatic rings. The Kier molecular flexibility index (Phi) is 3.68. The van der Waals surface area contributed by atoms with Crippen LogP contribution in [0, 0.1) is 0 Å². The fourth-order valence-corrected chi connectivity index (χ4v) is 1.27. The lowest BCUT2D eigenvalue weighted by Crippen LogP contribution is -2.38. The zero-order chi connectivity index (χ0) is 13.3. The molecule has 0 saturated carbocycles. The third-order valence-electron chi connectivity index (χ3n) is 2.04. The predicted octanol–water partition coefficient (Wildman–Crippen LogP) is 2.77. The monoisotopic (exact) mass is 258 g/mol. The van der Waals surface area contributed by atoms with E-state index in [1.54, 1.807) is 0 Å². The number of hydrogen-bond donors (Lipinski definition) is 2. The van der Waals surface area contributed by atoms with Crippen molar-refractivity contribution >= 4 is 0 Å². The molecule has 2 nitrogen and oxygen atoms in total. The van der Waals surface area contributed by atoms with Crippen molar-refractivity contribution in [2.75, 3.05) is 0 Å². The minimum Gasteiger partial charge on any atom is -0.271 e. The Morgan fingerprint density at radius 3 is 2.06 bits per heavy atom. The van der Waals surface area contributed by atoms with Crippen LogP contribution < -0.4 is 11.3 Å². The molecule has 0 radical (unpaired) electrons. The lowest BCUT2D eigenvalue weighted by atomic mass is 10.0. The number of nitrogens with two attached hydrogens (primary N) is 1. The van der Waals surface area contributed by atoms with Crippen molar-refractivity contribution in [3.8, 4) is 0 Å². The molecule has 0 aliphatic carbocycles. The van der Waals surface area contributed by atoms with Gasteiger partial charge in [0.05, 0.1) is 5.56 Å². The van der Waals surface area contributed by atoms with Gasteiger partial charge in [0.25, 0.3) is 0 Å². The van der Waals surface area contributed by atoms with E-state index in [1.165, 1.54) is 5.43 Å². The highest BCUT2D eigenvalue weighted by atomic mass is 19.4. The first-order valence-corrected chi connectivity index (χ1v) is 4.36. The predicted molar refractivity (Wildman–Crippen MR) is 47.6 cm³/mol. The summed E-state index contributed by atoms with van der Waals surface area (Å²) < 4.78 is 74.1. The summed E-state index contributed by atoms with van der Waals surface area (Å²) >= 11 is 0. The topological polar surface area (TPSA) is 38.0 Å². The van der Waals surface area contributed by atoms with Crippen molar-refractivity contribution < 1.29 is 26.3 Å². The first-order valence-electron chi connectivity index (χ1n) is 4.36. The van der Waals surface area contributed by atoms with E-state index in [0.717, 1.165) is 12.1 Å². The van der Waals surface area contributed by atoms with Crippen LogP contribution in [0.1, 0.15) is 17.2 Å². The molecule has 1 aromatic carbocycles. The second kappa shape index (κ2) is 4.53. The molecule has 3 N–H and O–H groups in total. The molecule has 0 amide bonds. The number of hydrogen-bond acceptors (Lipinski definition) is 2. The van der Waals surface area contributed by atoms with E-state index in [0.29, 0.717) is 12.1 Å². The van der Waals surface area contributed by atoms with Crippen LogP contribution in [-0.2, 0) is 6.18 Å². The van der Waals surface area contributed by atoms with Gasteiger partial charge in [-0.25, -0.2) is 5.43 Å². The summed E-state index contributed by atoms with van der Waals surface area (Å²) in [5, 5.41) is 0. The average molecular weight is 258 g/mol. The van der Waals surface area contributed by atoms with Gasteiger partial charge in [-0.3, -0.25) is 5.84 Å². The Bertz CT molecular complexity index is 384. The molecule has 1 atom stereocenters. The quantitative estimate of drug-likeness (QED) is 0.486. The number of benzene rings is 1. The molecule has 0 saturated heterocycles. The third kappa shape index (κ3) is 3.34. The van der Waals surface area contributed by atoms with Crippen LogP contribution in [0.5, 0.6) is 0 Å². The van der Waals surface area contributed by atoms with Gasteiger partial charge in [0.1, 0.15) is 6.04 Å². The van der Waals surface area contributed by atoms with Crippen molar-refractivity contribution in [3.63, 3.8) is 0 Å². The van der Waals surface area contributed by atoms with E-state index in [4.69, 9.17) is 5.84 Å². The van der Waals surface area contributed by atoms with Crippen molar-refractivity contribution in [2.45, 2.75) is 18.4 Å². The molecule has 1 rings (SSSR count). The molecule has 17 heavy (non-hydrogen) atoms. The molecular formula is C9H8F6N2. The second-order valence-corrected chi connectivity index (χ2v) is 3.26. The smallest absolute Gasteiger partial charge is 0.271 e. The molecule has 0 bridgehead atoms. The third-order valence-corrected chi connectivity index (χ3v) is 2.04. The summed E-state index contributed by atoms with van der Waals surface area (Å²) in [4.78, 5) is 0. The van der Waals surface area contributed by atoms with E-state index in [1.807, 2.05) is 0 Å². The Morgan fingerprint density at radius 1 is 1.06 bits per heavy atom. The van der Waals surface area contributed by atoms with E-state index >= 15 is 0 Å². The van der Waals surface area contributed by atoms with Crippen LogP contribution in [-0.4, -0.2) is 6.18 Å². The van der Waals surface area contributed by atoms with E-state index in [2.05, 4.69) is 0 Å². The highest BCUT2D eigenvalue weighted by molar-refractivity contribution is 5.28. The van der Waals surface area contributed by atoms with Gasteiger partial charge in [-0.1, -0.05) is 12.1 Å². The maximum Gasteiger partial charge on any atom is 0.416 e. The summed E-state index contributed by atoms with van der Waals surface area (Å²) in [7, 11) is 0. The molecule has 0 aromatic heterocycles. The minimum absolute atomic E-state index is 0.415. The van der Waals surface area contributed by atoms with Crippen molar-refractivity contribution in [1.29, 1.82) is 0 Å². The largest absolute Gasteiger partial charge is 0.416 e. The van der Waals surface area contributed by atoms with E-state index in [-0.39, 0.29) is 0 Å². The van der Waals surface area contributed by atoms with Gasteiger partial charge in [-0.05, 0) is 17.7 Å².